The van der Waals surface area contributed by atoms with Crippen molar-refractivity contribution in [3.8, 4) is 10.7 Å². The Kier molecular flexibility index (Phi) is 4.89. The Bertz CT molecular complexity index is 894. The second-order valence-corrected chi connectivity index (χ2v) is 7.88. The summed E-state index contributed by atoms with van der Waals surface area (Å²) in [6, 6.07) is 12.2. The van der Waals surface area contributed by atoms with Gasteiger partial charge in [-0.3, -0.25) is 5.10 Å². The van der Waals surface area contributed by atoms with E-state index in [1.807, 2.05) is 34.3 Å². The Hall–Kier alpha value is -1.67. The summed E-state index contributed by atoms with van der Waals surface area (Å²) in [5.74, 6) is 0.858. The maximum atomic E-state index is 6.11. The smallest absolute Gasteiger partial charge is 0.221 e. The van der Waals surface area contributed by atoms with Gasteiger partial charge < -0.3 is 9.80 Å². The van der Waals surface area contributed by atoms with Crippen LogP contribution in [0.2, 0.25) is 5.02 Å². The number of halogens is 1. The summed E-state index contributed by atoms with van der Waals surface area (Å²) in [6.07, 6.45) is 0. The number of nitrogens with one attached hydrogen (secondary N) is 2. The van der Waals surface area contributed by atoms with Gasteiger partial charge >= 0.3 is 0 Å². The molecule has 0 radical (unpaired) electrons. The van der Waals surface area contributed by atoms with Crippen molar-refractivity contribution in [2.75, 3.05) is 31.1 Å². The number of quaternary nitrogens is 1. The number of thiophene rings is 1. The summed E-state index contributed by atoms with van der Waals surface area (Å²) in [4.78, 5) is 9.49. The second kappa shape index (κ2) is 7.29. The van der Waals surface area contributed by atoms with Crippen LogP contribution in [0.3, 0.4) is 0 Å². The van der Waals surface area contributed by atoms with Gasteiger partial charge in [0.2, 0.25) is 4.77 Å². The van der Waals surface area contributed by atoms with Gasteiger partial charge in [0.15, 0.2) is 12.5 Å². The van der Waals surface area contributed by atoms with Crippen LogP contribution in [0.4, 0.5) is 5.69 Å². The Balaban J connectivity index is 1.40. The molecule has 0 spiro atoms. The molecule has 0 bridgehead atoms. The maximum absolute atomic E-state index is 6.11. The molecule has 1 aliphatic rings. The third kappa shape index (κ3) is 3.79. The summed E-state index contributed by atoms with van der Waals surface area (Å²) in [7, 11) is 0. The van der Waals surface area contributed by atoms with E-state index in [1.54, 1.807) is 11.3 Å². The first-order valence-corrected chi connectivity index (χ1v) is 9.90. The molecule has 1 saturated heterocycles. The number of H-pyrrole nitrogens is 1. The Morgan fingerprint density at radius 2 is 2.08 bits per heavy atom. The molecule has 1 aromatic carbocycles. The standard InChI is InChI=1S/C17H18ClN5S2/c18-13-3-1-4-14(11-13)22-8-6-21(7-9-22)12-23-17(24)19-16(20-23)15-5-2-10-25-15/h1-5,10-11H,6-9,12H2,(H,19,20,24)/p+1. The lowest BCUT2D eigenvalue weighted by Crippen LogP contribution is -3.14. The largest absolute Gasteiger partial charge is 0.360 e. The van der Waals surface area contributed by atoms with Crippen LogP contribution < -0.4 is 9.80 Å². The van der Waals surface area contributed by atoms with E-state index in [9.17, 15) is 0 Å². The minimum Gasteiger partial charge on any atom is -0.360 e. The molecule has 3 aromatic rings. The number of hydrogen-bond donors (Lipinski definition) is 2. The minimum absolute atomic E-state index is 0.619. The zero-order chi connectivity index (χ0) is 17.2. The highest BCUT2D eigenvalue weighted by atomic mass is 35.5. The number of nitrogens with zero attached hydrogens (tertiary/aromatic N) is 3. The highest BCUT2D eigenvalue weighted by Crippen LogP contribution is 2.21. The number of benzene rings is 1. The fourth-order valence-corrected chi connectivity index (χ4v) is 4.17. The van der Waals surface area contributed by atoms with Gasteiger partial charge in [-0.15, -0.1) is 11.3 Å². The van der Waals surface area contributed by atoms with Crippen LogP contribution in [0.25, 0.3) is 10.7 Å². The van der Waals surface area contributed by atoms with Crippen molar-refractivity contribution in [1.29, 1.82) is 0 Å². The van der Waals surface area contributed by atoms with Crippen molar-refractivity contribution in [2.24, 2.45) is 0 Å². The lowest BCUT2D eigenvalue weighted by Gasteiger charge is -2.33. The first-order valence-electron chi connectivity index (χ1n) is 8.24. The molecule has 130 valence electrons. The molecule has 0 amide bonds. The number of aromatic nitrogens is 3. The predicted octanol–water partition coefficient (Wildman–Crippen LogP) is 2.69. The van der Waals surface area contributed by atoms with Crippen molar-refractivity contribution in [3.63, 3.8) is 0 Å². The van der Waals surface area contributed by atoms with Gasteiger partial charge in [0.1, 0.15) is 0 Å². The van der Waals surface area contributed by atoms with Crippen molar-refractivity contribution in [2.45, 2.75) is 6.67 Å². The molecular weight excluding hydrogens is 374 g/mol. The zero-order valence-corrected chi connectivity index (χ0v) is 16.0. The number of hydrogen-bond acceptors (Lipinski definition) is 4. The van der Waals surface area contributed by atoms with Gasteiger partial charge in [-0.05, 0) is 41.9 Å². The number of piperazine rings is 1. The molecule has 25 heavy (non-hydrogen) atoms. The normalized spacial score (nSPS) is 15.6. The fraction of sp³-hybridized carbons (Fsp3) is 0.294. The topological polar surface area (TPSA) is 41.3 Å². The molecule has 3 heterocycles. The SMILES string of the molecule is S=c1nc(-c2cccs2)[nH]n1C[NH+]1CCN(c2cccc(Cl)c2)CC1. The summed E-state index contributed by atoms with van der Waals surface area (Å²) in [5, 5.41) is 6.18. The van der Waals surface area contributed by atoms with Crippen LogP contribution >= 0.6 is 35.2 Å². The van der Waals surface area contributed by atoms with Crippen LogP contribution in [0.5, 0.6) is 0 Å². The maximum Gasteiger partial charge on any atom is 0.221 e. The molecule has 0 aliphatic carbocycles. The third-order valence-electron chi connectivity index (χ3n) is 4.46. The number of anilines is 1. The van der Waals surface area contributed by atoms with E-state index < -0.39 is 0 Å². The van der Waals surface area contributed by atoms with Gasteiger partial charge in [-0.1, -0.05) is 23.7 Å². The molecule has 1 fully saturated rings. The van der Waals surface area contributed by atoms with Gasteiger partial charge in [0.25, 0.3) is 0 Å². The van der Waals surface area contributed by atoms with Crippen molar-refractivity contribution >= 4 is 40.8 Å². The van der Waals surface area contributed by atoms with E-state index in [0.29, 0.717) is 4.77 Å². The van der Waals surface area contributed by atoms with Gasteiger partial charge in [-0.2, -0.15) is 4.98 Å². The van der Waals surface area contributed by atoms with Gasteiger partial charge in [0.05, 0.1) is 31.1 Å². The molecule has 2 N–H and O–H groups in total. The summed E-state index contributed by atoms with van der Waals surface area (Å²) in [6.45, 7) is 4.95. The average molecular weight is 393 g/mol. The summed E-state index contributed by atoms with van der Waals surface area (Å²) >= 11 is 13.2. The van der Waals surface area contributed by atoms with Gasteiger partial charge in [0, 0.05) is 10.7 Å². The second-order valence-electron chi connectivity index (χ2n) is 6.14. The molecule has 4 rings (SSSR count). The molecule has 5 nitrogen and oxygen atoms in total. The van der Waals surface area contributed by atoms with Crippen LogP contribution in [0, 0.1) is 4.77 Å². The monoisotopic (exact) mass is 392 g/mol. The lowest BCUT2D eigenvalue weighted by atomic mass is 10.2. The highest BCUT2D eigenvalue weighted by molar-refractivity contribution is 7.71. The van der Waals surface area contributed by atoms with Crippen LogP contribution in [-0.2, 0) is 6.67 Å². The minimum atomic E-state index is 0.619. The average Bonchev–Trinajstić information content (AvgIpc) is 3.26. The zero-order valence-electron chi connectivity index (χ0n) is 13.6. The first kappa shape index (κ1) is 16.8. The number of rotatable bonds is 4. The van der Waals surface area contributed by atoms with E-state index >= 15 is 0 Å². The molecule has 0 saturated carbocycles. The van der Waals surface area contributed by atoms with Gasteiger partial charge in [-0.25, -0.2) is 4.68 Å². The van der Waals surface area contributed by atoms with Crippen LogP contribution in [0.15, 0.2) is 41.8 Å². The molecule has 2 aromatic heterocycles. The van der Waals surface area contributed by atoms with E-state index in [1.165, 1.54) is 10.6 Å². The van der Waals surface area contributed by atoms with E-state index in [0.717, 1.165) is 48.6 Å². The Morgan fingerprint density at radius 3 is 2.80 bits per heavy atom. The van der Waals surface area contributed by atoms with Crippen molar-refractivity contribution in [1.82, 2.24) is 14.8 Å². The fourth-order valence-electron chi connectivity index (χ4n) is 3.12. The molecule has 0 unspecified atom stereocenters. The van der Waals surface area contributed by atoms with Crippen LogP contribution in [-0.4, -0.2) is 40.9 Å². The van der Waals surface area contributed by atoms with E-state index in [2.05, 4.69) is 27.1 Å². The first-order chi connectivity index (χ1) is 12.2. The third-order valence-corrected chi connectivity index (χ3v) is 5.88. The quantitative estimate of drug-likeness (QED) is 0.671. The van der Waals surface area contributed by atoms with Crippen LogP contribution in [0.1, 0.15) is 0 Å². The molecule has 8 heteroatoms. The van der Waals surface area contributed by atoms with Crippen molar-refractivity contribution in [3.05, 3.63) is 51.6 Å². The van der Waals surface area contributed by atoms with E-state index in [4.69, 9.17) is 23.8 Å². The Labute approximate surface area is 160 Å². The van der Waals surface area contributed by atoms with Crippen molar-refractivity contribution < 1.29 is 4.90 Å². The molecule has 0 atom stereocenters. The summed E-state index contributed by atoms with van der Waals surface area (Å²) < 4.78 is 2.60. The summed E-state index contributed by atoms with van der Waals surface area (Å²) in [5.41, 5.74) is 1.20. The van der Waals surface area contributed by atoms with E-state index in [-0.39, 0.29) is 0 Å². The molecule has 1 aliphatic heterocycles. The predicted molar refractivity (Wildman–Crippen MR) is 105 cm³/mol. The molecular formula is C17H19ClN5S2+. The Morgan fingerprint density at radius 1 is 1.24 bits per heavy atom. The highest BCUT2D eigenvalue weighted by Gasteiger charge is 2.21. The lowest BCUT2D eigenvalue weighted by molar-refractivity contribution is -0.924. The number of aromatic amines is 1.